The first kappa shape index (κ1) is 21.3. The number of rotatable bonds is 7. The molecule has 0 radical (unpaired) electrons. The lowest BCUT2D eigenvalue weighted by molar-refractivity contribution is 0.0696. The van der Waals surface area contributed by atoms with Gasteiger partial charge in [-0.2, -0.15) is 0 Å². The fraction of sp³-hybridized carbons (Fsp3) is 0.375. The molecule has 2 aromatic heterocycles. The van der Waals surface area contributed by atoms with Gasteiger partial charge in [-0.25, -0.2) is 9.78 Å². The summed E-state index contributed by atoms with van der Waals surface area (Å²) in [4.78, 5) is 31.3. The number of hydrogen-bond donors (Lipinski definition) is 1. The van der Waals surface area contributed by atoms with Crippen LogP contribution >= 0.6 is 11.3 Å². The third kappa shape index (κ3) is 4.88. The minimum absolute atomic E-state index is 0.0104. The highest BCUT2D eigenvalue weighted by atomic mass is 32.1. The average molecular weight is 438 g/mol. The highest BCUT2D eigenvalue weighted by Crippen LogP contribution is 2.28. The van der Waals surface area contributed by atoms with E-state index in [0.717, 1.165) is 28.5 Å². The number of thiazole rings is 1. The van der Waals surface area contributed by atoms with E-state index in [0.29, 0.717) is 18.3 Å². The van der Waals surface area contributed by atoms with Crippen LogP contribution in [0.1, 0.15) is 63.9 Å². The summed E-state index contributed by atoms with van der Waals surface area (Å²) < 4.78 is 1.97. The zero-order valence-electron chi connectivity index (χ0n) is 17.9. The first-order valence-electron chi connectivity index (χ1n) is 10.6. The van der Waals surface area contributed by atoms with Crippen molar-refractivity contribution in [2.75, 3.05) is 11.4 Å². The Morgan fingerprint density at radius 2 is 2.00 bits per heavy atom. The Kier molecular flexibility index (Phi) is 6.23. The molecule has 1 aliphatic rings. The number of aromatic carboxylic acids is 1. The number of hydrogen-bond acceptors (Lipinski definition) is 5. The Balaban J connectivity index is 1.48. The van der Waals surface area contributed by atoms with E-state index in [1.165, 1.54) is 31.4 Å². The number of aryl methyl sites for hydroxylation is 1. The molecule has 1 unspecified atom stereocenters. The third-order valence-electron chi connectivity index (χ3n) is 5.81. The number of piperidine rings is 1. The molecule has 1 atom stereocenters. The van der Waals surface area contributed by atoms with E-state index in [9.17, 15) is 9.59 Å². The summed E-state index contributed by atoms with van der Waals surface area (Å²) >= 11 is 1.67. The molecule has 0 bridgehead atoms. The number of nitrogens with zero attached hydrogens (tertiary/aromatic N) is 3. The minimum atomic E-state index is -0.969. The van der Waals surface area contributed by atoms with Gasteiger partial charge >= 0.3 is 5.97 Å². The van der Waals surface area contributed by atoms with Crippen molar-refractivity contribution < 1.29 is 14.7 Å². The van der Waals surface area contributed by atoms with Gasteiger partial charge in [0, 0.05) is 30.6 Å². The van der Waals surface area contributed by atoms with Crippen molar-refractivity contribution in [1.82, 2.24) is 9.55 Å². The molecule has 4 rings (SSSR count). The van der Waals surface area contributed by atoms with E-state index >= 15 is 0 Å². The number of benzene rings is 1. The topological polar surface area (TPSA) is 75.4 Å². The molecule has 1 aliphatic heterocycles. The summed E-state index contributed by atoms with van der Waals surface area (Å²) in [5.41, 5.74) is 3.67. The van der Waals surface area contributed by atoms with Gasteiger partial charge < -0.3 is 14.6 Å². The normalized spacial score (nSPS) is 16.5. The highest BCUT2D eigenvalue weighted by molar-refractivity contribution is 7.13. The van der Waals surface area contributed by atoms with Crippen LogP contribution in [0.2, 0.25) is 0 Å². The maximum atomic E-state index is 13.0. The Labute approximate surface area is 186 Å². The van der Waals surface area contributed by atoms with Crippen molar-refractivity contribution in [3.8, 4) is 0 Å². The predicted octanol–water partition coefficient (Wildman–Crippen LogP) is 4.80. The van der Waals surface area contributed by atoms with Crippen LogP contribution in [0.15, 0.2) is 41.9 Å². The van der Waals surface area contributed by atoms with Gasteiger partial charge in [-0.05, 0) is 62.4 Å². The summed E-state index contributed by atoms with van der Waals surface area (Å²) in [5.74, 6) is -0.958. The van der Waals surface area contributed by atoms with Gasteiger partial charge in [0.1, 0.15) is 0 Å². The molecule has 3 aromatic rings. The smallest absolute Gasteiger partial charge is 0.335 e. The molecule has 1 aromatic carbocycles. The molecule has 1 N–H and O–H groups in total. The first-order chi connectivity index (χ1) is 14.9. The lowest BCUT2D eigenvalue weighted by atomic mass is 10.0. The maximum absolute atomic E-state index is 13.0. The van der Waals surface area contributed by atoms with Crippen LogP contribution in [0, 0.1) is 6.92 Å². The van der Waals surface area contributed by atoms with Crippen LogP contribution in [0.5, 0.6) is 0 Å². The molecule has 3 heterocycles. The summed E-state index contributed by atoms with van der Waals surface area (Å²) in [5, 5.41) is 12.2. The SMILES string of the molecule is Cc1cc(C(=O)Cc2ccc(C(=O)O)cc2)n(Cc2csc(N3CCCCC3C)n2)c1. The zero-order chi connectivity index (χ0) is 22.0. The standard InChI is InChI=1S/C24H27N3O3S/c1-16-11-21(22(28)12-18-6-8-19(9-7-18)23(29)30)26(13-16)14-20-15-31-24(25-20)27-10-4-3-5-17(27)2/h6-9,11,13,15,17H,3-5,10,12,14H2,1-2H3,(H,29,30). The van der Waals surface area contributed by atoms with Crippen molar-refractivity contribution in [2.24, 2.45) is 0 Å². The Bertz CT molecular complexity index is 1080. The fourth-order valence-electron chi connectivity index (χ4n) is 4.12. The molecule has 6 nitrogen and oxygen atoms in total. The van der Waals surface area contributed by atoms with Crippen LogP contribution in [0.3, 0.4) is 0 Å². The summed E-state index contributed by atoms with van der Waals surface area (Å²) in [6, 6.07) is 8.91. The average Bonchev–Trinajstić information content (AvgIpc) is 3.35. The molecule has 0 aliphatic carbocycles. The van der Waals surface area contributed by atoms with Crippen LogP contribution < -0.4 is 4.90 Å². The third-order valence-corrected chi connectivity index (χ3v) is 6.73. The first-order valence-corrected chi connectivity index (χ1v) is 11.5. The number of ketones is 1. The van der Waals surface area contributed by atoms with Crippen molar-refractivity contribution in [1.29, 1.82) is 0 Å². The van der Waals surface area contributed by atoms with Gasteiger partial charge in [-0.3, -0.25) is 4.79 Å². The Morgan fingerprint density at radius 3 is 2.71 bits per heavy atom. The van der Waals surface area contributed by atoms with Gasteiger partial charge in [-0.15, -0.1) is 11.3 Å². The van der Waals surface area contributed by atoms with Crippen molar-refractivity contribution in [3.05, 3.63) is 70.0 Å². The van der Waals surface area contributed by atoms with E-state index < -0.39 is 5.97 Å². The Hall–Kier alpha value is -2.93. The molecule has 0 saturated carbocycles. The van der Waals surface area contributed by atoms with Crippen LogP contribution in [-0.4, -0.2) is 39.0 Å². The van der Waals surface area contributed by atoms with Gasteiger partial charge in [0.05, 0.1) is 23.5 Å². The molecule has 162 valence electrons. The molecule has 0 spiro atoms. The molecule has 0 amide bonds. The summed E-state index contributed by atoms with van der Waals surface area (Å²) in [6.07, 6.45) is 5.92. The maximum Gasteiger partial charge on any atom is 0.335 e. The molecular formula is C24H27N3O3S. The number of aromatic nitrogens is 2. The lowest BCUT2D eigenvalue weighted by Gasteiger charge is -2.33. The summed E-state index contributed by atoms with van der Waals surface area (Å²) in [7, 11) is 0. The largest absolute Gasteiger partial charge is 0.478 e. The van der Waals surface area contributed by atoms with Gasteiger partial charge in [0.2, 0.25) is 0 Å². The van der Waals surface area contributed by atoms with E-state index in [2.05, 4.69) is 17.2 Å². The van der Waals surface area contributed by atoms with Crippen molar-refractivity contribution in [2.45, 2.75) is 52.1 Å². The number of Topliss-reactive ketones (excluding diaryl/α,β-unsaturated/α-hetero) is 1. The monoisotopic (exact) mass is 437 g/mol. The molecule has 1 fully saturated rings. The zero-order valence-corrected chi connectivity index (χ0v) is 18.7. The van der Waals surface area contributed by atoms with Crippen molar-refractivity contribution in [3.63, 3.8) is 0 Å². The fourth-order valence-corrected chi connectivity index (χ4v) is 5.07. The lowest BCUT2D eigenvalue weighted by Crippen LogP contribution is -2.37. The van der Waals surface area contributed by atoms with Crippen LogP contribution in [0.25, 0.3) is 0 Å². The molecule has 31 heavy (non-hydrogen) atoms. The number of carboxylic acids is 1. The number of anilines is 1. The van der Waals surface area contributed by atoms with Crippen LogP contribution in [-0.2, 0) is 13.0 Å². The van der Waals surface area contributed by atoms with E-state index in [1.54, 1.807) is 23.5 Å². The number of carboxylic acid groups (broad SMARTS) is 1. The molecule has 7 heteroatoms. The minimum Gasteiger partial charge on any atom is -0.478 e. The summed E-state index contributed by atoms with van der Waals surface area (Å²) in [6.45, 7) is 5.86. The van der Waals surface area contributed by atoms with Gasteiger partial charge in [0.15, 0.2) is 10.9 Å². The van der Waals surface area contributed by atoms with Crippen LogP contribution in [0.4, 0.5) is 5.13 Å². The highest BCUT2D eigenvalue weighted by Gasteiger charge is 2.21. The Morgan fingerprint density at radius 1 is 1.23 bits per heavy atom. The van der Waals surface area contributed by atoms with Crippen molar-refractivity contribution >= 4 is 28.2 Å². The second-order valence-corrected chi connectivity index (χ2v) is 9.13. The van der Waals surface area contributed by atoms with E-state index in [-0.39, 0.29) is 17.8 Å². The van der Waals surface area contributed by atoms with Gasteiger partial charge in [0.25, 0.3) is 0 Å². The van der Waals surface area contributed by atoms with E-state index in [4.69, 9.17) is 10.1 Å². The molecular weight excluding hydrogens is 410 g/mol. The second kappa shape index (κ2) is 9.06. The number of carbonyl (C=O) groups excluding carboxylic acids is 1. The predicted molar refractivity (Wildman–Crippen MR) is 122 cm³/mol. The second-order valence-electron chi connectivity index (χ2n) is 8.29. The quantitative estimate of drug-likeness (QED) is 0.537. The van der Waals surface area contributed by atoms with E-state index in [1.807, 2.05) is 23.8 Å². The number of carbonyl (C=O) groups is 2. The van der Waals surface area contributed by atoms with Gasteiger partial charge in [-0.1, -0.05) is 12.1 Å². The molecule has 1 saturated heterocycles.